The fourth-order valence-electron chi connectivity index (χ4n) is 2.49. The van der Waals surface area contributed by atoms with Crippen molar-refractivity contribution >= 4 is 23.5 Å². The summed E-state index contributed by atoms with van der Waals surface area (Å²) in [7, 11) is 0. The molecule has 0 radical (unpaired) electrons. The highest BCUT2D eigenvalue weighted by atomic mass is 35.5. The number of esters is 1. The molecule has 0 aromatic heterocycles. The second-order valence-corrected chi connectivity index (χ2v) is 6.01. The fraction of sp³-hybridized carbons (Fsp3) is 0.375. The maximum Gasteiger partial charge on any atom is 0.416 e. The van der Waals surface area contributed by atoms with Gasteiger partial charge in [-0.3, -0.25) is 4.79 Å². The van der Waals surface area contributed by atoms with Crippen molar-refractivity contribution in [2.75, 3.05) is 0 Å². The summed E-state index contributed by atoms with van der Waals surface area (Å²) >= 11 is 5.97. The molecule has 2 rings (SSSR count). The number of aliphatic carboxylic acids is 1. The Balaban J connectivity index is 2.23. The van der Waals surface area contributed by atoms with Gasteiger partial charge in [-0.15, -0.1) is 0 Å². The third-order valence-electron chi connectivity index (χ3n) is 3.92. The predicted octanol–water partition coefficient (Wildman–Crippen LogP) is 4.31. The van der Waals surface area contributed by atoms with Crippen LogP contribution in [0, 0.1) is 0 Å². The minimum atomic E-state index is -4.52. The van der Waals surface area contributed by atoms with E-state index < -0.39 is 35.7 Å². The lowest BCUT2D eigenvalue weighted by molar-refractivity contribution is -0.171. The van der Waals surface area contributed by atoms with E-state index in [0.29, 0.717) is 19.3 Å². The van der Waals surface area contributed by atoms with Crippen molar-refractivity contribution in [1.29, 1.82) is 0 Å². The van der Waals surface area contributed by atoms with Crippen LogP contribution in [0.5, 0.6) is 0 Å². The summed E-state index contributed by atoms with van der Waals surface area (Å²) in [5, 5.41) is 8.59. The topological polar surface area (TPSA) is 63.6 Å². The van der Waals surface area contributed by atoms with E-state index in [1.54, 1.807) is 0 Å². The molecule has 0 spiro atoms. The molecule has 1 aromatic carbocycles. The number of carbonyl (C=O) groups is 2. The molecule has 1 saturated carbocycles. The number of rotatable bonds is 5. The number of carboxylic acid groups (broad SMARTS) is 1. The van der Waals surface area contributed by atoms with E-state index in [0.717, 1.165) is 12.1 Å². The second kappa shape index (κ2) is 6.47. The van der Waals surface area contributed by atoms with Crippen molar-refractivity contribution < 1.29 is 32.6 Å². The van der Waals surface area contributed by atoms with Gasteiger partial charge in [0.05, 0.1) is 12.0 Å². The third kappa shape index (κ3) is 3.72. The van der Waals surface area contributed by atoms with Crippen LogP contribution in [0.15, 0.2) is 30.4 Å². The zero-order valence-electron chi connectivity index (χ0n) is 12.5. The van der Waals surface area contributed by atoms with Crippen molar-refractivity contribution in [3.8, 4) is 0 Å². The molecule has 0 bridgehead atoms. The van der Waals surface area contributed by atoms with Crippen molar-refractivity contribution in [3.05, 3.63) is 46.5 Å². The summed E-state index contributed by atoms with van der Waals surface area (Å²) in [6, 6.07) is 2.87. The zero-order chi connectivity index (χ0) is 18.1. The zero-order valence-corrected chi connectivity index (χ0v) is 13.2. The van der Waals surface area contributed by atoms with E-state index in [-0.39, 0.29) is 16.2 Å². The lowest BCUT2D eigenvalue weighted by Crippen LogP contribution is -2.39. The number of alkyl halides is 3. The van der Waals surface area contributed by atoms with E-state index in [1.807, 2.05) is 0 Å². The maximum absolute atomic E-state index is 12.7. The molecule has 24 heavy (non-hydrogen) atoms. The van der Waals surface area contributed by atoms with Crippen LogP contribution in [-0.2, 0) is 26.1 Å². The van der Waals surface area contributed by atoms with Gasteiger partial charge in [0.1, 0.15) is 5.60 Å². The van der Waals surface area contributed by atoms with Crippen molar-refractivity contribution in [1.82, 2.24) is 0 Å². The van der Waals surface area contributed by atoms with Gasteiger partial charge in [0, 0.05) is 16.2 Å². The first-order valence-corrected chi connectivity index (χ1v) is 7.43. The molecule has 1 aliphatic carbocycles. The highest BCUT2D eigenvalue weighted by molar-refractivity contribution is 6.31. The van der Waals surface area contributed by atoms with Gasteiger partial charge in [-0.2, -0.15) is 13.2 Å². The van der Waals surface area contributed by atoms with Gasteiger partial charge in [-0.1, -0.05) is 24.2 Å². The Morgan fingerprint density at radius 3 is 2.38 bits per heavy atom. The van der Waals surface area contributed by atoms with Crippen LogP contribution in [0.3, 0.4) is 0 Å². The van der Waals surface area contributed by atoms with Crippen LogP contribution in [-0.4, -0.2) is 17.0 Å². The first kappa shape index (κ1) is 18.3. The van der Waals surface area contributed by atoms with E-state index >= 15 is 0 Å². The molecule has 1 N–H and O–H groups in total. The summed E-state index contributed by atoms with van der Waals surface area (Å²) in [5.41, 5.74) is -2.04. The number of carbonyl (C=O) groups excluding carboxylic acids is 1. The lowest BCUT2D eigenvalue weighted by atomic mass is 9.74. The van der Waals surface area contributed by atoms with Crippen molar-refractivity contribution in [2.24, 2.45) is 0 Å². The van der Waals surface area contributed by atoms with Crippen molar-refractivity contribution in [2.45, 2.75) is 37.5 Å². The van der Waals surface area contributed by atoms with Gasteiger partial charge < -0.3 is 9.84 Å². The molecule has 0 aliphatic heterocycles. The largest absolute Gasteiger partial charge is 0.478 e. The second-order valence-electron chi connectivity index (χ2n) is 5.60. The van der Waals surface area contributed by atoms with Crippen LogP contribution in [0.4, 0.5) is 13.2 Å². The van der Waals surface area contributed by atoms with E-state index in [9.17, 15) is 22.8 Å². The number of benzene rings is 1. The molecule has 1 aliphatic rings. The fourth-order valence-corrected chi connectivity index (χ4v) is 2.84. The molecule has 1 fully saturated rings. The third-order valence-corrected chi connectivity index (χ3v) is 4.23. The number of hydrogen-bond acceptors (Lipinski definition) is 3. The van der Waals surface area contributed by atoms with Crippen LogP contribution in [0.2, 0.25) is 5.02 Å². The number of carboxylic acids is 1. The molecule has 0 atom stereocenters. The van der Waals surface area contributed by atoms with E-state index in [1.165, 1.54) is 6.07 Å². The quantitative estimate of drug-likeness (QED) is 0.626. The smallest absolute Gasteiger partial charge is 0.416 e. The van der Waals surface area contributed by atoms with E-state index in [2.05, 4.69) is 6.58 Å². The Hall–Kier alpha value is -2.02. The molecule has 130 valence electrons. The standard InChI is InChI=1S/C16H14ClF3O4/c1-9(14(22)23)7-13(21)24-15(5-2-6-15)11-4-3-10(8-12(11)17)16(18,19)20/h3-4,8H,1-2,5-7H2,(H,22,23). The monoisotopic (exact) mass is 362 g/mol. The SMILES string of the molecule is C=C(CC(=O)OC1(c2ccc(C(F)(F)F)cc2Cl)CCC1)C(=O)O. The van der Waals surface area contributed by atoms with Gasteiger partial charge in [-0.05, 0) is 31.4 Å². The molecule has 4 nitrogen and oxygen atoms in total. The van der Waals surface area contributed by atoms with Crippen LogP contribution < -0.4 is 0 Å². The molecule has 0 saturated heterocycles. The molecule has 0 amide bonds. The highest BCUT2D eigenvalue weighted by Crippen LogP contribution is 2.48. The summed E-state index contributed by atoms with van der Waals surface area (Å²) in [6.45, 7) is 3.25. The Morgan fingerprint density at radius 2 is 1.96 bits per heavy atom. The van der Waals surface area contributed by atoms with Gasteiger partial charge in [0.25, 0.3) is 0 Å². The van der Waals surface area contributed by atoms with Crippen LogP contribution >= 0.6 is 11.6 Å². The molecular formula is C16H14ClF3O4. The molecule has 0 heterocycles. The Bertz CT molecular complexity index is 693. The van der Waals surface area contributed by atoms with Gasteiger partial charge in [0.2, 0.25) is 0 Å². The molecule has 8 heteroatoms. The van der Waals surface area contributed by atoms with Crippen LogP contribution in [0.25, 0.3) is 0 Å². The van der Waals surface area contributed by atoms with Gasteiger partial charge in [0.15, 0.2) is 0 Å². The summed E-state index contributed by atoms with van der Waals surface area (Å²) in [4.78, 5) is 22.6. The average Bonchev–Trinajstić information content (AvgIpc) is 2.42. The Labute approximate surface area is 140 Å². The number of halogens is 4. The first-order valence-electron chi connectivity index (χ1n) is 7.05. The Kier molecular flexibility index (Phi) is 4.94. The van der Waals surface area contributed by atoms with Gasteiger partial charge in [-0.25, -0.2) is 4.79 Å². The lowest BCUT2D eigenvalue weighted by Gasteiger charge is -2.42. The first-order chi connectivity index (χ1) is 11.0. The maximum atomic E-state index is 12.7. The predicted molar refractivity (Wildman–Crippen MR) is 79.5 cm³/mol. The van der Waals surface area contributed by atoms with Gasteiger partial charge >= 0.3 is 18.1 Å². The van der Waals surface area contributed by atoms with Crippen LogP contribution in [0.1, 0.15) is 36.8 Å². The number of hydrogen-bond donors (Lipinski definition) is 1. The number of ether oxygens (including phenoxy) is 1. The minimum Gasteiger partial charge on any atom is -0.478 e. The van der Waals surface area contributed by atoms with E-state index in [4.69, 9.17) is 21.4 Å². The highest BCUT2D eigenvalue weighted by Gasteiger charge is 2.44. The van der Waals surface area contributed by atoms with Crippen molar-refractivity contribution in [3.63, 3.8) is 0 Å². The summed E-state index contributed by atoms with van der Waals surface area (Å²) in [6.07, 6.45) is -3.50. The molecular weight excluding hydrogens is 349 g/mol. The summed E-state index contributed by atoms with van der Waals surface area (Å²) < 4.78 is 43.5. The average molecular weight is 363 g/mol. The molecule has 1 aromatic rings. The summed E-state index contributed by atoms with van der Waals surface area (Å²) in [5.74, 6) is -2.12. The minimum absolute atomic E-state index is 0.144. The molecule has 0 unspecified atom stereocenters. The Morgan fingerprint density at radius 1 is 1.33 bits per heavy atom. The normalized spacial score (nSPS) is 16.2.